The minimum absolute atomic E-state index is 0.0117. The van der Waals surface area contributed by atoms with E-state index in [-0.39, 0.29) is 22.9 Å². The molecule has 5 nitrogen and oxygen atoms in total. The Morgan fingerprint density at radius 2 is 1.88 bits per heavy atom. The maximum atomic E-state index is 13.1. The van der Waals surface area contributed by atoms with Crippen molar-refractivity contribution in [2.24, 2.45) is 0 Å². The van der Waals surface area contributed by atoms with Gasteiger partial charge in [0.05, 0.1) is 10.6 Å². The van der Waals surface area contributed by atoms with Crippen molar-refractivity contribution in [3.8, 4) is 11.5 Å². The molecule has 2 aromatic carbocycles. The Bertz CT molecular complexity index is 837. The van der Waals surface area contributed by atoms with Crippen LogP contribution in [0.4, 0.5) is 8.78 Å². The zero-order valence-corrected chi connectivity index (χ0v) is 12.7. The molecule has 0 saturated heterocycles. The Balaban J connectivity index is 1.68. The second kappa shape index (κ2) is 6.45. The van der Waals surface area contributed by atoms with Crippen molar-refractivity contribution in [3.05, 3.63) is 58.1 Å². The molecule has 0 amide bonds. The summed E-state index contributed by atoms with van der Waals surface area (Å²) in [7, 11) is 0. The van der Waals surface area contributed by atoms with Gasteiger partial charge in [0.1, 0.15) is 0 Å². The lowest BCUT2D eigenvalue weighted by atomic mass is 10.1. The Hall–Kier alpha value is -2.67. The van der Waals surface area contributed by atoms with Crippen LogP contribution < -0.4 is 9.47 Å². The maximum absolute atomic E-state index is 13.1. The molecule has 0 aromatic heterocycles. The van der Waals surface area contributed by atoms with Gasteiger partial charge >= 0.3 is 5.97 Å². The van der Waals surface area contributed by atoms with Gasteiger partial charge in [0.2, 0.25) is 6.79 Å². The minimum atomic E-state index is -1.16. The third kappa shape index (κ3) is 3.16. The van der Waals surface area contributed by atoms with E-state index in [1.165, 1.54) is 12.1 Å². The lowest BCUT2D eigenvalue weighted by molar-refractivity contribution is 0.0474. The highest BCUT2D eigenvalue weighted by Gasteiger charge is 2.22. The fraction of sp³-hybridized carbons (Fsp3) is 0.125. The number of hydrogen-bond donors (Lipinski definition) is 0. The largest absolute Gasteiger partial charge is 0.454 e. The second-order valence-electron chi connectivity index (χ2n) is 4.82. The Morgan fingerprint density at radius 1 is 1.08 bits per heavy atom. The molecule has 0 aliphatic carbocycles. The van der Waals surface area contributed by atoms with E-state index in [1.807, 2.05) is 0 Å². The Labute approximate surface area is 139 Å². The average Bonchev–Trinajstić information content (AvgIpc) is 3.04. The zero-order chi connectivity index (χ0) is 17.3. The van der Waals surface area contributed by atoms with Crippen LogP contribution in [0.15, 0.2) is 30.3 Å². The summed E-state index contributed by atoms with van der Waals surface area (Å²) >= 11 is 5.95. The van der Waals surface area contributed by atoms with E-state index in [9.17, 15) is 18.4 Å². The van der Waals surface area contributed by atoms with Gasteiger partial charge in [-0.2, -0.15) is 0 Å². The minimum Gasteiger partial charge on any atom is -0.454 e. The van der Waals surface area contributed by atoms with Crippen LogP contribution >= 0.6 is 11.6 Å². The molecule has 124 valence electrons. The smallest absolute Gasteiger partial charge is 0.338 e. The van der Waals surface area contributed by atoms with Gasteiger partial charge in [-0.3, -0.25) is 4.79 Å². The lowest BCUT2D eigenvalue weighted by Gasteiger charge is -2.06. The van der Waals surface area contributed by atoms with Crippen molar-refractivity contribution < 1.29 is 32.6 Å². The van der Waals surface area contributed by atoms with Crippen molar-refractivity contribution in [3.63, 3.8) is 0 Å². The second-order valence-corrected chi connectivity index (χ2v) is 5.23. The van der Waals surface area contributed by atoms with E-state index in [0.29, 0.717) is 11.5 Å². The van der Waals surface area contributed by atoms with E-state index >= 15 is 0 Å². The number of ether oxygens (including phenoxy) is 3. The summed E-state index contributed by atoms with van der Waals surface area (Å²) in [6, 6.07) is 5.36. The molecule has 1 heterocycles. The Morgan fingerprint density at radius 3 is 2.62 bits per heavy atom. The fourth-order valence-electron chi connectivity index (χ4n) is 2.05. The molecule has 2 aromatic rings. The standard InChI is InChI=1S/C16H9ClF2O5/c17-10-3-9(5-14-15(10)24-7-23-14)16(21)22-6-13(20)8-1-2-11(18)12(19)4-8/h1-5H,6-7H2. The number of hydrogen-bond acceptors (Lipinski definition) is 5. The molecule has 0 N–H and O–H groups in total. The highest BCUT2D eigenvalue weighted by Crippen LogP contribution is 2.39. The summed E-state index contributed by atoms with van der Waals surface area (Å²) in [5.41, 5.74) is -0.0345. The number of rotatable bonds is 4. The number of ketones is 1. The molecular formula is C16H9ClF2O5. The molecule has 3 rings (SSSR count). The summed E-state index contributed by atoms with van der Waals surface area (Å²) < 4.78 is 41.1. The van der Waals surface area contributed by atoms with Crippen LogP contribution in [0.2, 0.25) is 5.02 Å². The number of esters is 1. The van der Waals surface area contributed by atoms with Gasteiger partial charge in [-0.1, -0.05) is 11.6 Å². The molecule has 0 unspecified atom stereocenters. The predicted molar refractivity (Wildman–Crippen MR) is 78.5 cm³/mol. The van der Waals surface area contributed by atoms with Crippen LogP contribution in [-0.2, 0) is 4.74 Å². The van der Waals surface area contributed by atoms with Gasteiger partial charge in [0, 0.05) is 5.56 Å². The van der Waals surface area contributed by atoms with E-state index in [4.69, 9.17) is 25.8 Å². The lowest BCUT2D eigenvalue weighted by Crippen LogP contribution is -2.14. The van der Waals surface area contributed by atoms with Gasteiger partial charge in [0.15, 0.2) is 35.5 Å². The van der Waals surface area contributed by atoms with Crippen molar-refractivity contribution in [1.82, 2.24) is 0 Å². The van der Waals surface area contributed by atoms with Crippen molar-refractivity contribution in [1.29, 1.82) is 0 Å². The number of fused-ring (bicyclic) bond motifs is 1. The SMILES string of the molecule is O=C(COC(=O)c1cc(Cl)c2c(c1)OCO2)c1ccc(F)c(F)c1. The van der Waals surface area contributed by atoms with E-state index in [0.717, 1.165) is 18.2 Å². The van der Waals surface area contributed by atoms with Crippen LogP contribution in [0.3, 0.4) is 0 Å². The predicted octanol–water partition coefficient (Wildman–Crippen LogP) is 3.39. The van der Waals surface area contributed by atoms with Crippen molar-refractivity contribution in [2.45, 2.75) is 0 Å². The maximum Gasteiger partial charge on any atom is 0.338 e. The number of Topliss-reactive ketones (excluding diaryl/α,β-unsaturated/α-hetero) is 1. The fourth-order valence-corrected chi connectivity index (χ4v) is 2.32. The summed E-state index contributed by atoms with van der Waals surface area (Å²) in [5.74, 6) is -3.10. The first-order chi connectivity index (χ1) is 11.5. The monoisotopic (exact) mass is 354 g/mol. The molecule has 1 aliphatic heterocycles. The highest BCUT2D eigenvalue weighted by atomic mass is 35.5. The topological polar surface area (TPSA) is 61.8 Å². The number of carbonyl (C=O) groups excluding carboxylic acids is 2. The van der Waals surface area contributed by atoms with Crippen LogP contribution in [0, 0.1) is 11.6 Å². The summed E-state index contributed by atoms with van der Waals surface area (Å²) in [5, 5.41) is 0.170. The molecular weight excluding hydrogens is 346 g/mol. The molecule has 24 heavy (non-hydrogen) atoms. The molecule has 0 fully saturated rings. The molecule has 0 saturated carbocycles. The van der Waals surface area contributed by atoms with Crippen LogP contribution in [0.5, 0.6) is 11.5 Å². The third-order valence-corrected chi connectivity index (χ3v) is 3.52. The van der Waals surface area contributed by atoms with Crippen LogP contribution in [-0.4, -0.2) is 25.2 Å². The molecule has 1 aliphatic rings. The van der Waals surface area contributed by atoms with Gasteiger partial charge in [-0.25, -0.2) is 13.6 Å². The van der Waals surface area contributed by atoms with Gasteiger partial charge in [-0.05, 0) is 30.3 Å². The zero-order valence-electron chi connectivity index (χ0n) is 12.0. The molecule has 0 radical (unpaired) electrons. The number of halogens is 3. The first kappa shape index (κ1) is 16.2. The van der Waals surface area contributed by atoms with Crippen LogP contribution in [0.25, 0.3) is 0 Å². The molecule has 0 spiro atoms. The first-order valence-corrected chi connectivity index (χ1v) is 7.08. The quantitative estimate of drug-likeness (QED) is 0.622. The van der Waals surface area contributed by atoms with E-state index < -0.39 is 30.0 Å². The summed E-state index contributed by atoms with van der Waals surface area (Å²) in [6.45, 7) is -0.641. The highest BCUT2D eigenvalue weighted by molar-refractivity contribution is 6.32. The van der Waals surface area contributed by atoms with Crippen molar-refractivity contribution >= 4 is 23.4 Å². The van der Waals surface area contributed by atoms with Crippen LogP contribution in [0.1, 0.15) is 20.7 Å². The molecule has 8 heteroatoms. The first-order valence-electron chi connectivity index (χ1n) is 6.70. The summed E-state index contributed by atoms with van der Waals surface area (Å²) in [6.07, 6.45) is 0. The molecule has 0 atom stereocenters. The normalized spacial score (nSPS) is 12.1. The van der Waals surface area contributed by atoms with E-state index in [2.05, 4.69) is 0 Å². The number of benzene rings is 2. The van der Waals surface area contributed by atoms with E-state index in [1.54, 1.807) is 0 Å². The van der Waals surface area contributed by atoms with Gasteiger partial charge in [-0.15, -0.1) is 0 Å². The van der Waals surface area contributed by atoms with Gasteiger partial charge < -0.3 is 14.2 Å². The average molecular weight is 355 g/mol. The third-order valence-electron chi connectivity index (χ3n) is 3.24. The Kier molecular flexibility index (Phi) is 4.35. The summed E-state index contributed by atoms with van der Waals surface area (Å²) in [4.78, 5) is 23.9. The molecule has 0 bridgehead atoms. The van der Waals surface area contributed by atoms with Gasteiger partial charge in [0.25, 0.3) is 0 Å². The van der Waals surface area contributed by atoms with Crippen molar-refractivity contribution in [2.75, 3.05) is 13.4 Å². The number of carbonyl (C=O) groups is 2.